The average Bonchev–Trinajstić information content (AvgIpc) is 3.22. The van der Waals surface area contributed by atoms with Crippen LogP contribution in [0.25, 0.3) is 22.3 Å². The third kappa shape index (κ3) is 3.48. The molecule has 156 valence electrons. The summed E-state index contributed by atoms with van der Waals surface area (Å²) in [4.78, 5) is 27.1. The first-order chi connectivity index (χ1) is 15.1. The smallest absolute Gasteiger partial charge is 0.249 e. The van der Waals surface area contributed by atoms with E-state index in [4.69, 9.17) is 15.7 Å². The van der Waals surface area contributed by atoms with Gasteiger partial charge in [-0.2, -0.15) is 0 Å². The lowest BCUT2D eigenvalue weighted by Crippen LogP contribution is -2.27. The van der Waals surface area contributed by atoms with E-state index in [-0.39, 0.29) is 0 Å². The number of nitrogens with two attached hydrogens (primary N) is 1. The maximum atomic E-state index is 11.8. The molecule has 0 aliphatic carbocycles. The maximum Gasteiger partial charge on any atom is 0.249 e. The van der Waals surface area contributed by atoms with E-state index in [0.29, 0.717) is 17.9 Å². The number of nitrogens with zero attached hydrogens (tertiary/aromatic N) is 3. The SMILES string of the molecule is CN1CCCc2nc(-c3[nH]cc4c(C(N)=O)cccc34)nc(NCc3ccccc3)c21. The van der Waals surface area contributed by atoms with Gasteiger partial charge in [0.1, 0.15) is 5.69 Å². The Kier molecular flexibility index (Phi) is 4.78. The van der Waals surface area contributed by atoms with E-state index in [1.807, 2.05) is 30.3 Å². The van der Waals surface area contributed by atoms with Gasteiger partial charge in [-0.3, -0.25) is 4.79 Å². The Balaban J connectivity index is 1.61. The van der Waals surface area contributed by atoms with Crippen LogP contribution in [0.5, 0.6) is 0 Å². The largest absolute Gasteiger partial charge is 0.370 e. The zero-order valence-corrected chi connectivity index (χ0v) is 17.4. The highest BCUT2D eigenvalue weighted by Crippen LogP contribution is 2.35. The standard InChI is InChI=1S/C24H24N6O/c1-30-12-6-11-19-21(30)24(27-13-15-7-3-2-4-8-15)29-23(28-19)20-16-9-5-10-17(22(25)31)18(16)14-26-20/h2-5,7-10,14,26H,6,11-13H2,1H3,(H2,25,31)(H,27,28,29). The summed E-state index contributed by atoms with van der Waals surface area (Å²) in [5, 5.41) is 5.18. The predicted octanol–water partition coefficient (Wildman–Crippen LogP) is 3.72. The summed E-state index contributed by atoms with van der Waals surface area (Å²) in [6.45, 7) is 1.65. The van der Waals surface area contributed by atoms with Crippen molar-refractivity contribution in [2.24, 2.45) is 5.73 Å². The number of aryl methyl sites for hydroxylation is 1. The highest BCUT2D eigenvalue weighted by molar-refractivity contribution is 6.09. The molecule has 0 saturated heterocycles. The summed E-state index contributed by atoms with van der Waals surface area (Å²) in [6, 6.07) is 15.8. The number of primary amides is 1. The van der Waals surface area contributed by atoms with E-state index in [1.165, 1.54) is 5.56 Å². The van der Waals surface area contributed by atoms with Crippen LogP contribution in [0.4, 0.5) is 11.5 Å². The second-order valence-electron chi connectivity index (χ2n) is 7.85. The van der Waals surface area contributed by atoms with Gasteiger partial charge in [0.25, 0.3) is 0 Å². The highest BCUT2D eigenvalue weighted by Gasteiger charge is 2.23. The molecular formula is C24H24N6O. The second kappa shape index (κ2) is 7.75. The lowest BCUT2D eigenvalue weighted by molar-refractivity contribution is 0.100. The van der Waals surface area contributed by atoms with Gasteiger partial charge in [-0.25, -0.2) is 9.97 Å². The lowest BCUT2D eigenvalue weighted by atomic mass is 10.1. The number of anilines is 2. The van der Waals surface area contributed by atoms with E-state index in [2.05, 4.69) is 34.4 Å². The third-order valence-corrected chi connectivity index (χ3v) is 5.77. The van der Waals surface area contributed by atoms with Gasteiger partial charge in [-0.05, 0) is 24.5 Å². The number of hydrogen-bond acceptors (Lipinski definition) is 5. The molecule has 1 aliphatic heterocycles. The van der Waals surface area contributed by atoms with Crippen LogP contribution < -0.4 is 16.0 Å². The molecule has 2 aromatic carbocycles. The fourth-order valence-corrected chi connectivity index (χ4v) is 4.25. The van der Waals surface area contributed by atoms with Crippen molar-refractivity contribution in [3.05, 3.63) is 71.5 Å². The van der Waals surface area contributed by atoms with Crippen molar-refractivity contribution in [2.45, 2.75) is 19.4 Å². The lowest BCUT2D eigenvalue weighted by Gasteiger charge is -2.29. The quantitative estimate of drug-likeness (QED) is 0.464. The van der Waals surface area contributed by atoms with Crippen LogP contribution in [-0.2, 0) is 13.0 Å². The van der Waals surface area contributed by atoms with Gasteiger partial charge >= 0.3 is 0 Å². The molecule has 7 heteroatoms. The Labute approximate surface area is 180 Å². The number of carbonyl (C=O) groups is 1. The first-order valence-corrected chi connectivity index (χ1v) is 10.4. The molecular weight excluding hydrogens is 388 g/mol. The number of amides is 1. The molecule has 0 saturated carbocycles. The third-order valence-electron chi connectivity index (χ3n) is 5.77. The molecule has 7 nitrogen and oxygen atoms in total. The Morgan fingerprint density at radius 1 is 1.13 bits per heavy atom. The number of rotatable bonds is 5. The number of aromatic amines is 1. The zero-order valence-electron chi connectivity index (χ0n) is 17.4. The number of H-pyrrole nitrogens is 1. The fraction of sp³-hybridized carbons (Fsp3) is 0.208. The average molecular weight is 412 g/mol. The fourth-order valence-electron chi connectivity index (χ4n) is 4.25. The summed E-state index contributed by atoms with van der Waals surface area (Å²) < 4.78 is 0. The topological polar surface area (TPSA) is 99.9 Å². The van der Waals surface area contributed by atoms with Crippen LogP contribution in [0, 0.1) is 0 Å². The second-order valence-corrected chi connectivity index (χ2v) is 7.85. The molecule has 2 aromatic heterocycles. The number of aromatic nitrogens is 3. The number of benzene rings is 2. The minimum Gasteiger partial charge on any atom is -0.370 e. The molecule has 1 aliphatic rings. The van der Waals surface area contributed by atoms with Crippen molar-refractivity contribution in [3.8, 4) is 11.5 Å². The summed E-state index contributed by atoms with van der Waals surface area (Å²) in [5.41, 5.74) is 10.1. The molecule has 0 unspecified atom stereocenters. The molecule has 5 rings (SSSR count). The van der Waals surface area contributed by atoms with Gasteiger partial charge in [-0.1, -0.05) is 42.5 Å². The molecule has 31 heavy (non-hydrogen) atoms. The maximum absolute atomic E-state index is 11.8. The van der Waals surface area contributed by atoms with Crippen molar-refractivity contribution in [1.82, 2.24) is 15.0 Å². The summed E-state index contributed by atoms with van der Waals surface area (Å²) >= 11 is 0. The van der Waals surface area contributed by atoms with Gasteiger partial charge in [0.2, 0.25) is 5.91 Å². The number of fused-ring (bicyclic) bond motifs is 2. The van der Waals surface area contributed by atoms with Crippen LogP contribution in [0.15, 0.2) is 54.7 Å². The minimum absolute atomic E-state index is 0.450. The first-order valence-electron chi connectivity index (χ1n) is 10.4. The Morgan fingerprint density at radius 2 is 1.97 bits per heavy atom. The molecule has 0 bridgehead atoms. The van der Waals surface area contributed by atoms with Gasteiger partial charge in [-0.15, -0.1) is 0 Å². The Morgan fingerprint density at radius 3 is 2.77 bits per heavy atom. The molecule has 0 fully saturated rings. The van der Waals surface area contributed by atoms with Crippen LogP contribution in [-0.4, -0.2) is 34.5 Å². The monoisotopic (exact) mass is 412 g/mol. The normalized spacial score (nSPS) is 13.3. The molecule has 4 N–H and O–H groups in total. The molecule has 0 radical (unpaired) electrons. The van der Waals surface area contributed by atoms with E-state index in [0.717, 1.165) is 53.1 Å². The van der Waals surface area contributed by atoms with Crippen molar-refractivity contribution in [2.75, 3.05) is 23.8 Å². The van der Waals surface area contributed by atoms with E-state index >= 15 is 0 Å². The summed E-state index contributed by atoms with van der Waals surface area (Å²) in [6.07, 6.45) is 3.76. The summed E-state index contributed by atoms with van der Waals surface area (Å²) in [5.74, 6) is 0.982. The molecule has 0 spiro atoms. The van der Waals surface area contributed by atoms with Gasteiger partial charge in [0.05, 0.1) is 11.4 Å². The minimum atomic E-state index is -0.450. The van der Waals surface area contributed by atoms with Crippen LogP contribution >= 0.6 is 0 Å². The Bertz CT molecular complexity index is 1260. The van der Waals surface area contributed by atoms with Crippen molar-refractivity contribution in [3.63, 3.8) is 0 Å². The predicted molar refractivity (Wildman–Crippen MR) is 123 cm³/mol. The molecule has 1 amide bonds. The Hall–Kier alpha value is -3.87. The zero-order chi connectivity index (χ0) is 21.4. The van der Waals surface area contributed by atoms with Crippen LogP contribution in [0.3, 0.4) is 0 Å². The van der Waals surface area contributed by atoms with E-state index in [9.17, 15) is 4.79 Å². The molecule has 4 aromatic rings. The molecule has 0 atom stereocenters. The van der Waals surface area contributed by atoms with Crippen LogP contribution in [0.2, 0.25) is 0 Å². The number of nitrogens with one attached hydrogen (secondary N) is 2. The van der Waals surface area contributed by atoms with Crippen molar-refractivity contribution in [1.29, 1.82) is 0 Å². The van der Waals surface area contributed by atoms with Gasteiger partial charge in [0, 0.05) is 42.7 Å². The number of hydrogen-bond donors (Lipinski definition) is 3. The highest BCUT2D eigenvalue weighted by atomic mass is 16.1. The summed E-state index contributed by atoms with van der Waals surface area (Å²) in [7, 11) is 2.08. The van der Waals surface area contributed by atoms with Crippen LogP contribution in [0.1, 0.15) is 28.0 Å². The van der Waals surface area contributed by atoms with E-state index in [1.54, 1.807) is 12.3 Å². The number of carbonyl (C=O) groups excluding carboxylic acids is 1. The van der Waals surface area contributed by atoms with E-state index < -0.39 is 5.91 Å². The first kappa shape index (κ1) is 19.1. The van der Waals surface area contributed by atoms with Gasteiger partial charge in [0.15, 0.2) is 11.6 Å². The van der Waals surface area contributed by atoms with Gasteiger partial charge < -0.3 is 20.9 Å². The molecule has 3 heterocycles. The van der Waals surface area contributed by atoms with Crippen molar-refractivity contribution >= 4 is 28.2 Å². The van der Waals surface area contributed by atoms with Crippen molar-refractivity contribution < 1.29 is 4.79 Å².